The first-order chi connectivity index (χ1) is 11.9. The highest BCUT2D eigenvalue weighted by Gasteiger charge is 2.30. The molecule has 0 amide bonds. The third-order valence-electron chi connectivity index (χ3n) is 4.09. The fourth-order valence-electron chi connectivity index (χ4n) is 2.78. The molecule has 2 aromatic rings. The summed E-state index contributed by atoms with van der Waals surface area (Å²) in [4.78, 5) is 0. The van der Waals surface area contributed by atoms with Crippen LogP contribution in [-0.4, -0.2) is 42.1 Å². The fraction of sp³-hybridized carbons (Fsp3) is 0.412. The molecule has 0 spiro atoms. The van der Waals surface area contributed by atoms with Crippen LogP contribution in [0.2, 0.25) is 0 Å². The predicted octanol–water partition coefficient (Wildman–Crippen LogP) is 2.30. The monoisotopic (exact) mass is 365 g/mol. The van der Waals surface area contributed by atoms with Gasteiger partial charge >= 0.3 is 0 Å². The molecule has 1 aliphatic rings. The minimum atomic E-state index is -3.61. The van der Waals surface area contributed by atoms with Crippen LogP contribution in [0.3, 0.4) is 0 Å². The number of aromatic nitrogens is 2. The third kappa shape index (κ3) is 4.52. The highest BCUT2D eigenvalue weighted by molar-refractivity contribution is 7.88. The van der Waals surface area contributed by atoms with E-state index in [0.717, 1.165) is 12.1 Å². The van der Waals surface area contributed by atoms with Gasteiger partial charge in [-0.1, -0.05) is 18.2 Å². The maximum absolute atomic E-state index is 13.8. The highest BCUT2D eigenvalue weighted by atomic mass is 32.2. The number of benzene rings is 1. The predicted molar refractivity (Wildman–Crippen MR) is 91.0 cm³/mol. The Morgan fingerprint density at radius 2 is 2.04 bits per heavy atom. The van der Waals surface area contributed by atoms with Crippen LogP contribution in [0.4, 0.5) is 4.39 Å². The Bertz CT molecular complexity index is 827. The van der Waals surface area contributed by atoms with Crippen molar-refractivity contribution in [3.05, 3.63) is 53.5 Å². The molecule has 3 rings (SSSR count). The molecule has 1 unspecified atom stereocenters. The van der Waals surface area contributed by atoms with Crippen LogP contribution in [0, 0.1) is 12.7 Å². The minimum absolute atomic E-state index is 0.176. The van der Waals surface area contributed by atoms with Crippen molar-refractivity contribution in [3.8, 4) is 5.88 Å². The van der Waals surface area contributed by atoms with Crippen LogP contribution in [0.15, 0.2) is 36.4 Å². The lowest BCUT2D eigenvalue weighted by Gasteiger charge is -2.31. The van der Waals surface area contributed by atoms with Gasteiger partial charge in [-0.2, -0.15) is 9.40 Å². The number of piperidine rings is 1. The molecule has 0 bridgehead atoms. The third-order valence-corrected chi connectivity index (χ3v) is 5.89. The van der Waals surface area contributed by atoms with E-state index in [-0.39, 0.29) is 24.0 Å². The average Bonchev–Trinajstić information content (AvgIpc) is 2.59. The molecule has 0 aliphatic carbocycles. The number of sulfonamides is 1. The second-order valence-corrected chi connectivity index (χ2v) is 8.07. The van der Waals surface area contributed by atoms with E-state index in [1.54, 1.807) is 24.3 Å². The lowest BCUT2D eigenvalue weighted by Crippen LogP contribution is -2.44. The normalized spacial score (nSPS) is 18.9. The second kappa shape index (κ2) is 7.45. The van der Waals surface area contributed by atoms with Gasteiger partial charge in [0.1, 0.15) is 11.9 Å². The van der Waals surface area contributed by atoms with Gasteiger partial charge in [0, 0.05) is 18.2 Å². The summed E-state index contributed by atoms with van der Waals surface area (Å²) >= 11 is 0. The SMILES string of the molecule is Cc1ccc(OC2CCCN(S(=O)(=O)Cc3ccccc3F)C2)nn1. The number of ether oxygens (including phenoxy) is 1. The van der Waals surface area contributed by atoms with Crippen molar-refractivity contribution in [1.29, 1.82) is 0 Å². The largest absolute Gasteiger partial charge is 0.472 e. The molecule has 0 saturated carbocycles. The summed E-state index contributed by atoms with van der Waals surface area (Å²) in [6.07, 6.45) is 1.13. The lowest BCUT2D eigenvalue weighted by atomic mass is 10.1. The molecule has 25 heavy (non-hydrogen) atoms. The number of aryl methyl sites for hydroxylation is 1. The van der Waals surface area contributed by atoms with Gasteiger partial charge in [0.15, 0.2) is 0 Å². The maximum Gasteiger partial charge on any atom is 0.233 e. The zero-order chi connectivity index (χ0) is 17.9. The number of hydrogen-bond acceptors (Lipinski definition) is 5. The van der Waals surface area contributed by atoms with Crippen molar-refractivity contribution in [2.75, 3.05) is 13.1 Å². The molecule has 1 atom stereocenters. The highest BCUT2D eigenvalue weighted by Crippen LogP contribution is 2.21. The summed E-state index contributed by atoms with van der Waals surface area (Å²) in [6, 6.07) is 9.44. The van der Waals surface area contributed by atoms with Crippen LogP contribution < -0.4 is 4.74 Å². The van der Waals surface area contributed by atoms with Crippen LogP contribution >= 0.6 is 0 Å². The van der Waals surface area contributed by atoms with E-state index in [0.29, 0.717) is 18.8 Å². The van der Waals surface area contributed by atoms with Crippen molar-refractivity contribution in [2.24, 2.45) is 0 Å². The smallest absolute Gasteiger partial charge is 0.233 e. The Hall–Kier alpha value is -2.06. The van der Waals surface area contributed by atoms with E-state index in [1.165, 1.54) is 16.4 Å². The summed E-state index contributed by atoms with van der Waals surface area (Å²) < 4.78 is 46.1. The Labute approximate surface area is 146 Å². The molecule has 2 heterocycles. The molecule has 0 radical (unpaired) electrons. The Morgan fingerprint density at radius 3 is 2.76 bits per heavy atom. The summed E-state index contributed by atoms with van der Waals surface area (Å²) in [5.74, 6) is -0.480. The van der Waals surface area contributed by atoms with Crippen LogP contribution in [0.5, 0.6) is 5.88 Å². The van der Waals surface area contributed by atoms with Crippen molar-refractivity contribution >= 4 is 10.0 Å². The summed E-state index contributed by atoms with van der Waals surface area (Å²) in [5.41, 5.74) is 0.958. The second-order valence-electron chi connectivity index (χ2n) is 6.10. The van der Waals surface area contributed by atoms with Crippen molar-refractivity contribution < 1.29 is 17.5 Å². The first-order valence-electron chi connectivity index (χ1n) is 8.12. The molecule has 134 valence electrons. The van der Waals surface area contributed by atoms with Gasteiger partial charge in [-0.25, -0.2) is 12.8 Å². The molecule has 6 nitrogen and oxygen atoms in total. The Kier molecular flexibility index (Phi) is 5.29. The van der Waals surface area contributed by atoms with Crippen molar-refractivity contribution in [3.63, 3.8) is 0 Å². The van der Waals surface area contributed by atoms with Crippen LogP contribution in [-0.2, 0) is 15.8 Å². The lowest BCUT2D eigenvalue weighted by molar-refractivity contribution is 0.123. The van der Waals surface area contributed by atoms with Gasteiger partial charge < -0.3 is 4.74 Å². The zero-order valence-corrected chi connectivity index (χ0v) is 14.7. The number of hydrogen-bond donors (Lipinski definition) is 0. The van der Waals surface area contributed by atoms with Gasteiger partial charge in [0.2, 0.25) is 15.9 Å². The summed E-state index contributed by atoms with van der Waals surface area (Å²) in [5, 5.41) is 7.88. The minimum Gasteiger partial charge on any atom is -0.472 e. The number of nitrogens with zero attached hydrogens (tertiary/aromatic N) is 3. The molecule has 1 saturated heterocycles. The van der Waals surface area contributed by atoms with Gasteiger partial charge in [-0.05, 0) is 31.9 Å². The van der Waals surface area contributed by atoms with E-state index in [4.69, 9.17) is 4.74 Å². The Balaban J connectivity index is 1.67. The first-order valence-corrected chi connectivity index (χ1v) is 9.73. The van der Waals surface area contributed by atoms with Crippen molar-refractivity contribution in [2.45, 2.75) is 31.6 Å². The molecule has 1 aromatic heterocycles. The van der Waals surface area contributed by atoms with Gasteiger partial charge in [-0.15, -0.1) is 5.10 Å². The maximum atomic E-state index is 13.8. The number of halogens is 1. The van der Waals surface area contributed by atoms with Gasteiger partial charge in [0.05, 0.1) is 18.0 Å². The van der Waals surface area contributed by atoms with Crippen molar-refractivity contribution in [1.82, 2.24) is 14.5 Å². The standard InChI is InChI=1S/C17H20FN3O3S/c1-13-8-9-17(20-19-13)24-15-6-4-10-21(11-15)25(22,23)12-14-5-2-3-7-16(14)18/h2-3,5,7-9,15H,4,6,10-12H2,1H3. The molecule has 1 fully saturated rings. The van der Waals surface area contributed by atoms with E-state index < -0.39 is 15.8 Å². The molecule has 1 aromatic carbocycles. The molecule has 0 N–H and O–H groups in total. The number of rotatable bonds is 5. The van der Waals surface area contributed by atoms with Crippen LogP contribution in [0.1, 0.15) is 24.1 Å². The van der Waals surface area contributed by atoms with E-state index in [9.17, 15) is 12.8 Å². The van der Waals surface area contributed by atoms with E-state index >= 15 is 0 Å². The quantitative estimate of drug-likeness (QED) is 0.813. The molecule has 1 aliphatic heterocycles. The molecule has 8 heteroatoms. The zero-order valence-electron chi connectivity index (χ0n) is 13.9. The summed E-state index contributed by atoms with van der Waals surface area (Å²) in [7, 11) is -3.61. The topological polar surface area (TPSA) is 72.4 Å². The molecular formula is C17H20FN3O3S. The average molecular weight is 365 g/mol. The summed E-state index contributed by atoms with van der Waals surface area (Å²) in [6.45, 7) is 2.47. The van der Waals surface area contributed by atoms with E-state index in [1.807, 2.05) is 6.92 Å². The fourth-order valence-corrected chi connectivity index (χ4v) is 4.39. The first kappa shape index (κ1) is 17.8. The molecular weight excluding hydrogens is 345 g/mol. The van der Waals surface area contributed by atoms with Crippen LogP contribution in [0.25, 0.3) is 0 Å². The Morgan fingerprint density at radius 1 is 1.24 bits per heavy atom. The van der Waals surface area contributed by atoms with Gasteiger partial charge in [0.25, 0.3) is 0 Å². The van der Waals surface area contributed by atoms with E-state index in [2.05, 4.69) is 10.2 Å². The van der Waals surface area contributed by atoms with Gasteiger partial charge in [-0.3, -0.25) is 0 Å².